The Kier molecular flexibility index (Phi) is 7.59. The summed E-state index contributed by atoms with van der Waals surface area (Å²) in [7, 11) is -3.53. The third kappa shape index (κ3) is 5.14. The van der Waals surface area contributed by atoms with Crippen molar-refractivity contribution in [3.8, 4) is 0 Å². The van der Waals surface area contributed by atoms with Gasteiger partial charge in [-0.3, -0.25) is 4.79 Å². The Balaban J connectivity index is 1.78. The number of pyridine rings is 1. The molecule has 2 aromatic carbocycles. The zero-order valence-corrected chi connectivity index (χ0v) is 20.7. The Labute approximate surface area is 194 Å². The Morgan fingerprint density at radius 3 is 2.44 bits per heavy atom. The van der Waals surface area contributed by atoms with Gasteiger partial charge in [-0.15, -0.1) is 0 Å². The van der Waals surface area contributed by atoms with Gasteiger partial charge in [0, 0.05) is 24.2 Å². The van der Waals surface area contributed by atoms with E-state index in [1.807, 2.05) is 58.9 Å². The summed E-state index contributed by atoms with van der Waals surface area (Å²) in [5.74, 6) is 0.142. The number of rotatable bonds is 8. The maximum absolute atomic E-state index is 12.8. The van der Waals surface area contributed by atoms with Crippen molar-refractivity contribution in [3.05, 3.63) is 59.2 Å². The van der Waals surface area contributed by atoms with Crippen molar-refractivity contribution in [1.29, 1.82) is 0 Å². The van der Waals surface area contributed by atoms with Crippen LogP contribution in [0.4, 0.5) is 5.69 Å². The molecule has 0 bridgehead atoms. The molecule has 0 fully saturated rings. The quantitative estimate of drug-likeness (QED) is 0.472. The fraction of sp³-hybridized carbons (Fsp3) is 0.333. The van der Waals surface area contributed by atoms with Gasteiger partial charge in [0.05, 0.1) is 21.2 Å². The number of benzene rings is 2. The number of aromatic nitrogens is 1. The van der Waals surface area contributed by atoms with Crippen LogP contribution in [-0.4, -0.2) is 42.5 Å². The minimum Gasteiger partial charge on any atom is -0.325 e. The van der Waals surface area contributed by atoms with E-state index in [0.29, 0.717) is 18.6 Å². The lowest BCUT2D eigenvalue weighted by Crippen LogP contribution is -2.30. The van der Waals surface area contributed by atoms with Gasteiger partial charge >= 0.3 is 0 Å². The van der Waals surface area contributed by atoms with Gasteiger partial charge in [0.2, 0.25) is 15.9 Å². The molecular weight excluding hydrogens is 442 g/mol. The Bertz CT molecular complexity index is 1250. The Hall–Kier alpha value is -2.42. The van der Waals surface area contributed by atoms with Crippen molar-refractivity contribution in [2.75, 3.05) is 24.2 Å². The summed E-state index contributed by atoms with van der Waals surface area (Å²) in [4.78, 5) is 17.3. The van der Waals surface area contributed by atoms with Crippen LogP contribution in [0.15, 0.2) is 52.4 Å². The molecule has 0 aliphatic rings. The SMILES string of the molecule is CCN(CC)S(=O)(=O)c1ccc2nc(SCC(=O)Nc3cccc(C)c3C)cc(C)c2c1. The first-order valence-corrected chi connectivity index (χ1v) is 13.0. The molecule has 0 spiro atoms. The molecule has 0 aliphatic heterocycles. The molecule has 0 aliphatic carbocycles. The van der Waals surface area contributed by atoms with Gasteiger partial charge in [-0.2, -0.15) is 4.31 Å². The zero-order chi connectivity index (χ0) is 23.5. The van der Waals surface area contributed by atoms with Crippen molar-refractivity contribution >= 4 is 44.3 Å². The van der Waals surface area contributed by atoms with Crippen molar-refractivity contribution in [1.82, 2.24) is 9.29 Å². The number of amides is 1. The molecule has 8 heteroatoms. The number of fused-ring (bicyclic) bond motifs is 1. The number of carbonyl (C=O) groups is 1. The number of hydrogen-bond acceptors (Lipinski definition) is 5. The lowest BCUT2D eigenvalue weighted by atomic mass is 10.1. The topological polar surface area (TPSA) is 79.4 Å². The number of thioether (sulfide) groups is 1. The van der Waals surface area contributed by atoms with Crippen LogP contribution in [-0.2, 0) is 14.8 Å². The van der Waals surface area contributed by atoms with Crippen LogP contribution in [0, 0.1) is 20.8 Å². The number of carbonyl (C=O) groups excluding carboxylic acids is 1. The van der Waals surface area contributed by atoms with E-state index in [9.17, 15) is 13.2 Å². The van der Waals surface area contributed by atoms with Crippen molar-refractivity contribution < 1.29 is 13.2 Å². The first kappa shape index (κ1) is 24.2. The molecule has 32 heavy (non-hydrogen) atoms. The average molecular weight is 472 g/mol. The van der Waals surface area contributed by atoms with Crippen LogP contribution >= 0.6 is 11.8 Å². The molecule has 0 unspecified atom stereocenters. The average Bonchev–Trinajstić information content (AvgIpc) is 2.76. The fourth-order valence-electron chi connectivity index (χ4n) is 3.50. The minimum atomic E-state index is -3.53. The molecular formula is C24H29N3O3S2. The largest absolute Gasteiger partial charge is 0.325 e. The van der Waals surface area contributed by atoms with E-state index in [1.54, 1.807) is 18.2 Å². The molecule has 0 radical (unpaired) electrons. The summed E-state index contributed by atoms with van der Waals surface area (Å²) in [6, 6.07) is 12.8. The second kappa shape index (κ2) is 10.0. The second-order valence-corrected chi connectivity index (χ2v) is 10.6. The summed E-state index contributed by atoms with van der Waals surface area (Å²) in [6.07, 6.45) is 0. The standard InChI is InChI=1S/C24H29N3O3S2/c1-6-27(7-2)32(29,30)19-11-12-22-20(14-19)17(4)13-24(26-22)31-15-23(28)25-21-10-8-9-16(3)18(21)5/h8-14H,6-7,15H2,1-5H3,(H,25,28). The van der Waals surface area contributed by atoms with Crippen LogP contribution in [0.3, 0.4) is 0 Å². The molecule has 0 saturated carbocycles. The third-order valence-corrected chi connectivity index (χ3v) is 8.49. The fourth-order valence-corrected chi connectivity index (χ4v) is 5.76. The van der Waals surface area contributed by atoms with Crippen LogP contribution in [0.1, 0.15) is 30.5 Å². The van der Waals surface area contributed by atoms with Crippen LogP contribution in [0.2, 0.25) is 0 Å². The van der Waals surface area contributed by atoms with Gasteiger partial charge < -0.3 is 5.32 Å². The van der Waals surface area contributed by atoms with Crippen molar-refractivity contribution in [2.45, 2.75) is 44.5 Å². The normalized spacial score (nSPS) is 11.8. The van der Waals surface area contributed by atoms with E-state index in [4.69, 9.17) is 0 Å². The highest BCUT2D eigenvalue weighted by Gasteiger charge is 2.22. The van der Waals surface area contributed by atoms with Gasteiger partial charge in [0.1, 0.15) is 0 Å². The maximum Gasteiger partial charge on any atom is 0.243 e. The number of anilines is 1. The van der Waals surface area contributed by atoms with Crippen LogP contribution < -0.4 is 5.32 Å². The first-order valence-electron chi connectivity index (χ1n) is 10.6. The summed E-state index contributed by atoms with van der Waals surface area (Å²) in [5, 5.41) is 4.48. The number of sulfonamides is 1. The van der Waals surface area contributed by atoms with E-state index < -0.39 is 10.0 Å². The monoisotopic (exact) mass is 471 g/mol. The predicted molar refractivity (Wildman–Crippen MR) is 132 cm³/mol. The van der Waals surface area contributed by atoms with Gasteiger partial charge in [0.25, 0.3) is 0 Å². The summed E-state index contributed by atoms with van der Waals surface area (Å²) in [5.41, 5.74) is 4.64. The maximum atomic E-state index is 12.8. The summed E-state index contributed by atoms with van der Waals surface area (Å²) in [6.45, 7) is 10.4. The number of hydrogen-bond donors (Lipinski definition) is 1. The smallest absolute Gasteiger partial charge is 0.243 e. The Morgan fingerprint density at radius 2 is 1.75 bits per heavy atom. The molecule has 3 aromatic rings. The highest BCUT2D eigenvalue weighted by molar-refractivity contribution is 7.99. The predicted octanol–water partition coefficient (Wildman–Crippen LogP) is 4.92. The second-order valence-electron chi connectivity index (χ2n) is 7.63. The molecule has 1 N–H and O–H groups in total. The van der Waals surface area contributed by atoms with E-state index in [2.05, 4.69) is 10.3 Å². The van der Waals surface area contributed by atoms with Gasteiger partial charge in [0.15, 0.2) is 0 Å². The molecule has 3 rings (SSSR count). The van der Waals surface area contributed by atoms with E-state index in [1.165, 1.54) is 16.1 Å². The van der Waals surface area contributed by atoms with E-state index >= 15 is 0 Å². The Morgan fingerprint density at radius 1 is 1.03 bits per heavy atom. The highest BCUT2D eigenvalue weighted by Crippen LogP contribution is 2.27. The van der Waals surface area contributed by atoms with Gasteiger partial charge in [-0.25, -0.2) is 13.4 Å². The lowest BCUT2D eigenvalue weighted by molar-refractivity contribution is -0.113. The molecule has 6 nitrogen and oxygen atoms in total. The molecule has 1 amide bonds. The van der Waals surface area contributed by atoms with Gasteiger partial charge in [-0.1, -0.05) is 37.7 Å². The molecule has 1 heterocycles. The van der Waals surface area contributed by atoms with Crippen LogP contribution in [0.25, 0.3) is 10.9 Å². The number of nitrogens with zero attached hydrogens (tertiary/aromatic N) is 2. The van der Waals surface area contributed by atoms with Crippen molar-refractivity contribution in [2.24, 2.45) is 0 Å². The third-order valence-electron chi connectivity index (χ3n) is 5.54. The van der Waals surface area contributed by atoms with Gasteiger partial charge in [-0.05, 0) is 67.8 Å². The zero-order valence-electron chi connectivity index (χ0n) is 19.1. The molecule has 0 atom stereocenters. The van der Waals surface area contributed by atoms with E-state index in [0.717, 1.165) is 32.8 Å². The summed E-state index contributed by atoms with van der Waals surface area (Å²) >= 11 is 1.36. The van der Waals surface area contributed by atoms with Crippen LogP contribution in [0.5, 0.6) is 0 Å². The molecule has 0 saturated heterocycles. The summed E-state index contributed by atoms with van der Waals surface area (Å²) < 4.78 is 27.1. The highest BCUT2D eigenvalue weighted by atomic mass is 32.2. The minimum absolute atomic E-state index is 0.0936. The number of aryl methyl sites for hydroxylation is 2. The lowest BCUT2D eigenvalue weighted by Gasteiger charge is -2.19. The van der Waals surface area contributed by atoms with E-state index in [-0.39, 0.29) is 16.6 Å². The molecule has 1 aromatic heterocycles. The van der Waals surface area contributed by atoms with Crippen molar-refractivity contribution in [3.63, 3.8) is 0 Å². The number of nitrogens with one attached hydrogen (secondary N) is 1. The molecule has 170 valence electrons. The first-order chi connectivity index (χ1) is 15.2.